The molecule has 136 valence electrons. The van der Waals surface area contributed by atoms with Gasteiger partial charge in [-0.1, -0.05) is 31.5 Å². The monoisotopic (exact) mass is 352 g/mol. The minimum atomic E-state index is -0.171. The Labute approximate surface area is 153 Å². The molecule has 3 nitrogen and oxygen atoms in total. The molecule has 1 atom stereocenters. The summed E-state index contributed by atoms with van der Waals surface area (Å²) in [5, 5.41) is 4.67. The molecule has 0 spiro atoms. The summed E-state index contributed by atoms with van der Waals surface area (Å²) in [5.41, 5.74) is 5.39. The predicted octanol–water partition coefficient (Wildman–Crippen LogP) is 4.72. The fourth-order valence-corrected chi connectivity index (χ4v) is 4.10. The van der Waals surface area contributed by atoms with Crippen molar-refractivity contribution in [2.45, 2.75) is 45.2 Å². The van der Waals surface area contributed by atoms with Gasteiger partial charge >= 0.3 is 0 Å². The second-order valence-electron chi connectivity index (χ2n) is 7.14. The highest BCUT2D eigenvalue weighted by molar-refractivity contribution is 5.89. The number of hydrogen-bond donors (Lipinski definition) is 2. The van der Waals surface area contributed by atoms with Crippen LogP contribution in [0.3, 0.4) is 0 Å². The molecule has 2 heterocycles. The van der Waals surface area contributed by atoms with Crippen LogP contribution in [0.5, 0.6) is 5.75 Å². The van der Waals surface area contributed by atoms with Crippen molar-refractivity contribution in [3.8, 4) is 5.75 Å². The van der Waals surface area contributed by atoms with Crippen LogP contribution in [0.25, 0.3) is 10.9 Å². The Kier molecular flexibility index (Phi) is 4.68. The molecule has 2 N–H and O–H groups in total. The molecule has 1 aliphatic rings. The number of aromatic amines is 1. The number of hydrogen-bond acceptors (Lipinski definition) is 2. The average molecular weight is 352 g/mol. The Morgan fingerprint density at radius 2 is 2.12 bits per heavy atom. The summed E-state index contributed by atoms with van der Waals surface area (Å²) >= 11 is 0. The Morgan fingerprint density at radius 3 is 2.92 bits per heavy atom. The molecule has 0 aliphatic carbocycles. The van der Waals surface area contributed by atoms with Crippen LogP contribution in [0.2, 0.25) is 0 Å². The zero-order chi connectivity index (χ0) is 18.1. The third-order valence-electron chi connectivity index (χ3n) is 5.37. The van der Waals surface area contributed by atoms with Gasteiger partial charge in [0.25, 0.3) is 0 Å². The lowest BCUT2D eigenvalue weighted by atomic mass is 9.94. The Bertz CT molecular complexity index is 931. The van der Waals surface area contributed by atoms with Gasteiger partial charge in [0.2, 0.25) is 0 Å². The summed E-state index contributed by atoms with van der Waals surface area (Å²) in [5.74, 6) is 0.678. The maximum atomic E-state index is 14.5. The van der Waals surface area contributed by atoms with E-state index in [1.807, 2.05) is 24.3 Å². The van der Waals surface area contributed by atoms with Crippen molar-refractivity contribution in [2.75, 3.05) is 7.11 Å². The molecule has 1 aromatic heterocycles. The number of halogens is 1. The fourth-order valence-electron chi connectivity index (χ4n) is 4.10. The van der Waals surface area contributed by atoms with Crippen LogP contribution in [-0.4, -0.2) is 18.1 Å². The van der Waals surface area contributed by atoms with Gasteiger partial charge < -0.3 is 15.0 Å². The molecule has 0 radical (unpaired) electrons. The van der Waals surface area contributed by atoms with Gasteiger partial charge in [-0.15, -0.1) is 0 Å². The van der Waals surface area contributed by atoms with Gasteiger partial charge in [-0.25, -0.2) is 4.39 Å². The summed E-state index contributed by atoms with van der Waals surface area (Å²) in [6, 6.07) is 12.1. The van der Waals surface area contributed by atoms with E-state index in [2.05, 4.69) is 23.3 Å². The second-order valence-corrected chi connectivity index (χ2v) is 7.14. The number of nitrogens with one attached hydrogen (secondary N) is 2. The number of rotatable bonds is 5. The molecular formula is C22H25FN2O. The van der Waals surface area contributed by atoms with Crippen molar-refractivity contribution in [2.24, 2.45) is 0 Å². The zero-order valence-electron chi connectivity index (χ0n) is 15.4. The van der Waals surface area contributed by atoms with Crippen molar-refractivity contribution in [1.82, 2.24) is 10.3 Å². The van der Waals surface area contributed by atoms with E-state index in [4.69, 9.17) is 4.74 Å². The Hall–Kier alpha value is -2.33. The van der Waals surface area contributed by atoms with Crippen LogP contribution < -0.4 is 10.1 Å². The van der Waals surface area contributed by atoms with E-state index in [-0.39, 0.29) is 5.82 Å². The van der Waals surface area contributed by atoms with Crippen molar-refractivity contribution < 1.29 is 9.13 Å². The van der Waals surface area contributed by atoms with E-state index in [1.165, 1.54) is 16.8 Å². The van der Waals surface area contributed by atoms with Gasteiger partial charge in [-0.3, -0.25) is 0 Å². The van der Waals surface area contributed by atoms with Crippen molar-refractivity contribution in [3.05, 3.63) is 64.6 Å². The highest BCUT2D eigenvalue weighted by atomic mass is 19.1. The molecule has 0 fully saturated rings. The normalized spacial score (nSPS) is 16.7. The first-order valence-electron chi connectivity index (χ1n) is 9.36. The molecule has 0 bridgehead atoms. The van der Waals surface area contributed by atoms with Gasteiger partial charge in [0.1, 0.15) is 11.6 Å². The predicted molar refractivity (Wildman–Crippen MR) is 103 cm³/mol. The lowest BCUT2D eigenvalue weighted by molar-refractivity contribution is 0.414. The third-order valence-corrected chi connectivity index (χ3v) is 5.37. The maximum absolute atomic E-state index is 14.5. The minimum absolute atomic E-state index is 0.171. The third kappa shape index (κ3) is 3.10. The van der Waals surface area contributed by atoms with Gasteiger partial charge in [-0.05, 0) is 47.7 Å². The number of ether oxygens (including phenoxy) is 1. The summed E-state index contributed by atoms with van der Waals surface area (Å²) in [6.45, 7) is 3.00. The van der Waals surface area contributed by atoms with Crippen LogP contribution in [0.4, 0.5) is 4.39 Å². The average Bonchev–Trinajstić information content (AvgIpc) is 3.04. The van der Waals surface area contributed by atoms with E-state index in [9.17, 15) is 4.39 Å². The summed E-state index contributed by atoms with van der Waals surface area (Å²) in [7, 11) is 1.68. The summed E-state index contributed by atoms with van der Waals surface area (Å²) in [4.78, 5) is 3.38. The van der Waals surface area contributed by atoms with Crippen molar-refractivity contribution in [1.29, 1.82) is 0 Å². The van der Waals surface area contributed by atoms with Gasteiger partial charge in [0.05, 0.1) is 12.6 Å². The van der Waals surface area contributed by atoms with Crippen LogP contribution in [0.15, 0.2) is 36.4 Å². The van der Waals surface area contributed by atoms with Crippen LogP contribution in [0, 0.1) is 5.82 Å². The number of benzene rings is 2. The van der Waals surface area contributed by atoms with E-state index in [0.717, 1.165) is 48.9 Å². The smallest absolute Gasteiger partial charge is 0.147 e. The molecule has 1 aliphatic heterocycles. The number of aromatic nitrogens is 1. The first kappa shape index (κ1) is 17.1. The lowest BCUT2D eigenvalue weighted by Gasteiger charge is -2.24. The molecule has 0 saturated carbocycles. The standard InChI is InChI=1S/C22H25FN2O/c1-3-5-16-12-20-18(13-24-16)21-15(8-9-19(23)22(21)25-20)10-14-6-4-7-17(11-14)26-2/h4,6-9,11,16,24-25H,3,5,10,12-13H2,1-2H3. The fraction of sp³-hybridized carbons (Fsp3) is 0.364. The molecule has 4 heteroatoms. The summed E-state index contributed by atoms with van der Waals surface area (Å²) < 4.78 is 19.8. The topological polar surface area (TPSA) is 37.0 Å². The van der Waals surface area contributed by atoms with Gasteiger partial charge in [0.15, 0.2) is 0 Å². The largest absolute Gasteiger partial charge is 0.497 e. The molecule has 26 heavy (non-hydrogen) atoms. The SMILES string of the molecule is CCCC1Cc2[nH]c3c(F)ccc(Cc4cccc(OC)c4)c3c2CN1. The van der Waals surface area contributed by atoms with E-state index >= 15 is 0 Å². The molecule has 3 aromatic rings. The molecule has 0 amide bonds. The molecule has 1 unspecified atom stereocenters. The van der Waals surface area contributed by atoms with Crippen LogP contribution in [-0.2, 0) is 19.4 Å². The maximum Gasteiger partial charge on any atom is 0.147 e. The highest BCUT2D eigenvalue weighted by Crippen LogP contribution is 2.33. The van der Waals surface area contributed by atoms with E-state index in [0.29, 0.717) is 11.6 Å². The minimum Gasteiger partial charge on any atom is -0.497 e. The summed E-state index contributed by atoms with van der Waals surface area (Å²) in [6.07, 6.45) is 4.00. The molecule has 0 saturated heterocycles. The van der Waals surface area contributed by atoms with Crippen LogP contribution in [0.1, 0.15) is 42.1 Å². The lowest BCUT2D eigenvalue weighted by Crippen LogP contribution is -2.35. The van der Waals surface area contributed by atoms with Gasteiger partial charge in [-0.2, -0.15) is 0 Å². The van der Waals surface area contributed by atoms with E-state index in [1.54, 1.807) is 13.2 Å². The number of methoxy groups -OCH3 is 1. The van der Waals surface area contributed by atoms with E-state index < -0.39 is 0 Å². The highest BCUT2D eigenvalue weighted by Gasteiger charge is 2.24. The zero-order valence-corrected chi connectivity index (χ0v) is 15.4. The van der Waals surface area contributed by atoms with Crippen LogP contribution >= 0.6 is 0 Å². The van der Waals surface area contributed by atoms with Crippen molar-refractivity contribution in [3.63, 3.8) is 0 Å². The number of fused-ring (bicyclic) bond motifs is 3. The quantitative estimate of drug-likeness (QED) is 0.697. The Balaban J connectivity index is 1.75. The molecular weight excluding hydrogens is 327 g/mol. The number of H-pyrrole nitrogens is 1. The first-order chi connectivity index (χ1) is 12.7. The molecule has 4 rings (SSSR count). The first-order valence-corrected chi connectivity index (χ1v) is 9.36. The Morgan fingerprint density at radius 1 is 1.23 bits per heavy atom. The van der Waals surface area contributed by atoms with Crippen molar-refractivity contribution >= 4 is 10.9 Å². The molecule has 2 aromatic carbocycles. The van der Waals surface area contributed by atoms with Gasteiger partial charge in [0, 0.05) is 30.1 Å². The second kappa shape index (κ2) is 7.12.